The molecule has 3 rings (SSSR count). The first kappa shape index (κ1) is 13.7. The first-order valence-corrected chi connectivity index (χ1v) is 7.01. The van der Waals surface area contributed by atoms with Crippen LogP contribution in [0, 0.1) is 23.0 Å². The maximum atomic E-state index is 11.0. The number of hydrogen-bond donors (Lipinski definition) is 1. The van der Waals surface area contributed by atoms with Gasteiger partial charge in [-0.15, -0.1) is 5.10 Å². The molecule has 1 aliphatic carbocycles. The Bertz CT molecular complexity index is 663. The summed E-state index contributed by atoms with van der Waals surface area (Å²) in [6.07, 6.45) is 4.42. The number of nitrogens with one attached hydrogen (secondary N) is 1. The first-order chi connectivity index (χ1) is 10.1. The molecule has 0 aliphatic heterocycles. The lowest BCUT2D eigenvalue weighted by atomic mass is 10.2. The second-order valence-electron chi connectivity index (χ2n) is 5.46. The van der Waals surface area contributed by atoms with Crippen molar-refractivity contribution in [1.82, 2.24) is 20.3 Å². The van der Waals surface area contributed by atoms with Gasteiger partial charge in [-0.05, 0) is 38.3 Å². The van der Waals surface area contributed by atoms with E-state index in [1.165, 1.54) is 18.9 Å². The summed E-state index contributed by atoms with van der Waals surface area (Å²) in [5.41, 5.74) is 2.21. The molecule has 0 radical (unpaired) electrons. The van der Waals surface area contributed by atoms with Crippen LogP contribution in [-0.2, 0) is 6.54 Å². The summed E-state index contributed by atoms with van der Waals surface area (Å²) < 4.78 is 1.57. The average Bonchev–Trinajstić information content (AvgIpc) is 3.16. The lowest BCUT2D eigenvalue weighted by Crippen LogP contribution is -2.16. The molecule has 1 fully saturated rings. The number of aryl methyl sites for hydroxylation is 1. The van der Waals surface area contributed by atoms with Gasteiger partial charge >= 0.3 is 0 Å². The molecule has 0 amide bonds. The molecule has 1 N–H and O–H groups in total. The molecule has 7 nitrogen and oxygen atoms in total. The van der Waals surface area contributed by atoms with E-state index >= 15 is 0 Å². The van der Waals surface area contributed by atoms with E-state index in [1.807, 2.05) is 0 Å². The zero-order chi connectivity index (χ0) is 14.8. The third-order valence-electron chi connectivity index (χ3n) is 3.63. The van der Waals surface area contributed by atoms with Crippen LogP contribution in [0.2, 0.25) is 0 Å². The van der Waals surface area contributed by atoms with E-state index in [1.54, 1.807) is 29.9 Å². The van der Waals surface area contributed by atoms with Gasteiger partial charge in [-0.1, -0.05) is 11.3 Å². The maximum Gasteiger partial charge on any atom is 0.274 e. The van der Waals surface area contributed by atoms with Crippen molar-refractivity contribution in [2.24, 2.45) is 5.92 Å². The van der Waals surface area contributed by atoms with E-state index in [4.69, 9.17) is 0 Å². The molecule has 0 bridgehead atoms. The molecule has 110 valence electrons. The van der Waals surface area contributed by atoms with E-state index < -0.39 is 0 Å². The SMILES string of the molecule is Cc1ccc(-n2cc(CNCC3CC3)nn2)cc1[N+](=O)[O-]. The van der Waals surface area contributed by atoms with Crippen LogP contribution in [0.3, 0.4) is 0 Å². The highest BCUT2D eigenvalue weighted by Crippen LogP contribution is 2.27. The summed E-state index contributed by atoms with van der Waals surface area (Å²) in [6, 6.07) is 5.05. The molecule has 0 atom stereocenters. The number of nitro benzene ring substituents is 1. The molecule has 1 saturated carbocycles. The Morgan fingerprint density at radius 1 is 1.48 bits per heavy atom. The molecule has 1 aliphatic rings. The summed E-state index contributed by atoms with van der Waals surface area (Å²) in [6.45, 7) is 3.41. The number of nitrogens with zero attached hydrogens (tertiary/aromatic N) is 4. The van der Waals surface area contributed by atoms with E-state index in [9.17, 15) is 10.1 Å². The molecule has 1 aromatic heterocycles. The van der Waals surface area contributed by atoms with Gasteiger partial charge < -0.3 is 5.32 Å². The first-order valence-electron chi connectivity index (χ1n) is 7.01. The fourth-order valence-electron chi connectivity index (χ4n) is 2.17. The topological polar surface area (TPSA) is 85.9 Å². The fourth-order valence-corrected chi connectivity index (χ4v) is 2.17. The molecular formula is C14H17N5O2. The standard InChI is InChI=1S/C14H17N5O2/c1-10-2-5-13(6-14(10)19(20)21)18-9-12(16-17-18)8-15-7-11-3-4-11/h2,5-6,9,11,15H,3-4,7-8H2,1H3. The van der Waals surface area contributed by atoms with Crippen LogP contribution in [0.15, 0.2) is 24.4 Å². The largest absolute Gasteiger partial charge is 0.311 e. The summed E-state index contributed by atoms with van der Waals surface area (Å²) in [5, 5.41) is 22.4. The summed E-state index contributed by atoms with van der Waals surface area (Å²) in [4.78, 5) is 10.6. The third kappa shape index (κ3) is 3.25. The van der Waals surface area contributed by atoms with Crippen LogP contribution in [0.25, 0.3) is 5.69 Å². The zero-order valence-corrected chi connectivity index (χ0v) is 11.8. The Balaban J connectivity index is 1.72. The van der Waals surface area contributed by atoms with Crippen molar-refractivity contribution in [1.29, 1.82) is 0 Å². The Morgan fingerprint density at radius 2 is 2.29 bits per heavy atom. The molecular weight excluding hydrogens is 270 g/mol. The minimum atomic E-state index is -0.381. The highest BCUT2D eigenvalue weighted by molar-refractivity contribution is 5.48. The van der Waals surface area contributed by atoms with Crippen molar-refractivity contribution in [3.05, 3.63) is 45.8 Å². The Labute approximate surface area is 122 Å². The molecule has 0 unspecified atom stereocenters. The smallest absolute Gasteiger partial charge is 0.274 e. The monoisotopic (exact) mass is 287 g/mol. The highest BCUT2D eigenvalue weighted by Gasteiger charge is 2.20. The lowest BCUT2D eigenvalue weighted by molar-refractivity contribution is -0.385. The van der Waals surface area contributed by atoms with Gasteiger partial charge in [0.05, 0.1) is 22.5 Å². The van der Waals surface area contributed by atoms with Crippen LogP contribution < -0.4 is 5.32 Å². The van der Waals surface area contributed by atoms with Crippen LogP contribution in [0.1, 0.15) is 24.1 Å². The van der Waals surface area contributed by atoms with Gasteiger partial charge in [-0.25, -0.2) is 4.68 Å². The van der Waals surface area contributed by atoms with E-state index in [0.29, 0.717) is 17.8 Å². The van der Waals surface area contributed by atoms with Gasteiger partial charge in [0.2, 0.25) is 0 Å². The zero-order valence-electron chi connectivity index (χ0n) is 11.8. The number of benzene rings is 1. The normalized spacial score (nSPS) is 14.3. The second kappa shape index (κ2) is 5.61. The fraction of sp³-hybridized carbons (Fsp3) is 0.429. The Kier molecular flexibility index (Phi) is 3.66. The predicted octanol–water partition coefficient (Wildman–Crippen LogP) is 1.98. The Hall–Kier alpha value is -2.28. The lowest BCUT2D eigenvalue weighted by Gasteiger charge is -2.02. The molecule has 0 spiro atoms. The average molecular weight is 287 g/mol. The van der Waals surface area contributed by atoms with Crippen molar-refractivity contribution in [3.8, 4) is 5.69 Å². The molecule has 21 heavy (non-hydrogen) atoms. The van der Waals surface area contributed by atoms with Crippen molar-refractivity contribution >= 4 is 5.69 Å². The quantitative estimate of drug-likeness (QED) is 0.648. The molecule has 7 heteroatoms. The van der Waals surface area contributed by atoms with Gasteiger partial charge in [0.15, 0.2) is 0 Å². The van der Waals surface area contributed by atoms with E-state index in [0.717, 1.165) is 18.2 Å². The van der Waals surface area contributed by atoms with Gasteiger partial charge in [-0.2, -0.15) is 0 Å². The second-order valence-corrected chi connectivity index (χ2v) is 5.46. The molecule has 1 aromatic carbocycles. The van der Waals surface area contributed by atoms with E-state index in [2.05, 4.69) is 15.6 Å². The van der Waals surface area contributed by atoms with Crippen molar-refractivity contribution in [2.75, 3.05) is 6.54 Å². The van der Waals surface area contributed by atoms with Crippen molar-refractivity contribution < 1.29 is 4.92 Å². The summed E-state index contributed by atoms with van der Waals surface area (Å²) >= 11 is 0. The molecule has 2 aromatic rings. The van der Waals surface area contributed by atoms with Gasteiger partial charge in [0, 0.05) is 18.2 Å². The molecule has 1 heterocycles. The number of nitro groups is 1. The minimum Gasteiger partial charge on any atom is -0.311 e. The van der Waals surface area contributed by atoms with Crippen LogP contribution in [-0.4, -0.2) is 26.5 Å². The number of hydrogen-bond acceptors (Lipinski definition) is 5. The van der Waals surface area contributed by atoms with E-state index in [-0.39, 0.29) is 10.6 Å². The van der Waals surface area contributed by atoms with Crippen molar-refractivity contribution in [2.45, 2.75) is 26.3 Å². The summed E-state index contributed by atoms with van der Waals surface area (Å²) in [5.74, 6) is 0.819. The van der Waals surface area contributed by atoms with Gasteiger partial charge in [-0.3, -0.25) is 10.1 Å². The van der Waals surface area contributed by atoms with Crippen LogP contribution in [0.5, 0.6) is 0 Å². The maximum absolute atomic E-state index is 11.0. The highest BCUT2D eigenvalue weighted by atomic mass is 16.6. The molecule has 0 saturated heterocycles. The Morgan fingerprint density at radius 3 is 3.00 bits per heavy atom. The third-order valence-corrected chi connectivity index (χ3v) is 3.63. The van der Waals surface area contributed by atoms with Gasteiger partial charge in [0.25, 0.3) is 5.69 Å². The van der Waals surface area contributed by atoms with Crippen LogP contribution in [0.4, 0.5) is 5.69 Å². The summed E-state index contributed by atoms with van der Waals surface area (Å²) in [7, 11) is 0. The van der Waals surface area contributed by atoms with Crippen molar-refractivity contribution in [3.63, 3.8) is 0 Å². The predicted molar refractivity (Wildman–Crippen MR) is 77.2 cm³/mol. The minimum absolute atomic E-state index is 0.0939. The van der Waals surface area contributed by atoms with Gasteiger partial charge in [0.1, 0.15) is 0 Å². The number of rotatable bonds is 6. The number of aromatic nitrogens is 3. The van der Waals surface area contributed by atoms with Crippen LogP contribution >= 0.6 is 0 Å².